The van der Waals surface area contributed by atoms with Crippen LogP contribution in [0.1, 0.15) is 25.8 Å². The molecule has 0 heterocycles. The van der Waals surface area contributed by atoms with Crippen LogP contribution >= 0.6 is 0 Å². The first-order valence-electron chi connectivity index (χ1n) is 6.69. The average molecular weight is 292 g/mol. The van der Waals surface area contributed by atoms with Crippen molar-refractivity contribution in [1.82, 2.24) is 5.32 Å². The average Bonchev–Trinajstić information content (AvgIpc) is 2.39. The second-order valence-corrected chi connectivity index (χ2v) is 4.84. The summed E-state index contributed by atoms with van der Waals surface area (Å²) in [6.45, 7) is 4.82. The largest absolute Gasteiger partial charge is 0.481 e. The van der Waals surface area contributed by atoms with Crippen molar-refractivity contribution >= 4 is 23.5 Å². The molecule has 0 aliphatic rings. The second-order valence-electron chi connectivity index (χ2n) is 4.84. The van der Waals surface area contributed by atoms with E-state index in [1.54, 1.807) is 19.1 Å². The van der Waals surface area contributed by atoms with E-state index in [1.807, 2.05) is 19.1 Å². The number of carboxylic acid groups (broad SMARTS) is 1. The quantitative estimate of drug-likeness (QED) is 0.828. The third-order valence-corrected chi connectivity index (χ3v) is 3.01. The van der Waals surface area contributed by atoms with Gasteiger partial charge in [-0.2, -0.15) is 0 Å². The summed E-state index contributed by atoms with van der Waals surface area (Å²) in [5, 5.41) is 11.4. The number of rotatable bonds is 6. The monoisotopic (exact) mass is 292 g/mol. The molecule has 6 nitrogen and oxygen atoms in total. The summed E-state index contributed by atoms with van der Waals surface area (Å²) in [5.41, 5.74) is 1.52. The fourth-order valence-corrected chi connectivity index (χ4v) is 2.02. The summed E-state index contributed by atoms with van der Waals surface area (Å²) in [5.74, 6) is -1.62. The van der Waals surface area contributed by atoms with Crippen molar-refractivity contribution in [2.75, 3.05) is 11.4 Å². The van der Waals surface area contributed by atoms with Crippen molar-refractivity contribution < 1.29 is 19.5 Å². The van der Waals surface area contributed by atoms with Gasteiger partial charge in [0.15, 0.2) is 0 Å². The first-order valence-corrected chi connectivity index (χ1v) is 6.69. The van der Waals surface area contributed by atoms with E-state index in [9.17, 15) is 14.4 Å². The lowest BCUT2D eigenvalue weighted by molar-refractivity contribution is -0.136. The lowest BCUT2D eigenvalue weighted by Gasteiger charge is -2.27. The zero-order valence-electron chi connectivity index (χ0n) is 12.4. The summed E-state index contributed by atoms with van der Waals surface area (Å²) >= 11 is 0. The Labute approximate surface area is 123 Å². The molecule has 114 valence electrons. The van der Waals surface area contributed by atoms with Crippen LogP contribution < -0.4 is 10.2 Å². The van der Waals surface area contributed by atoms with Gasteiger partial charge in [-0.05, 0) is 25.5 Å². The molecule has 1 atom stereocenters. The van der Waals surface area contributed by atoms with Crippen LogP contribution in [-0.2, 0) is 14.4 Å². The molecule has 1 rings (SSSR count). The Morgan fingerprint density at radius 2 is 1.90 bits per heavy atom. The predicted octanol–water partition coefficient (Wildman–Crippen LogP) is 1.33. The Bertz CT molecular complexity index is 542. The van der Waals surface area contributed by atoms with Gasteiger partial charge < -0.3 is 15.3 Å². The van der Waals surface area contributed by atoms with Gasteiger partial charge in [0, 0.05) is 19.2 Å². The van der Waals surface area contributed by atoms with Crippen LogP contribution in [0.2, 0.25) is 0 Å². The fraction of sp³-hybridized carbons (Fsp3) is 0.400. The number of para-hydroxylation sites is 1. The van der Waals surface area contributed by atoms with Crippen molar-refractivity contribution in [1.29, 1.82) is 0 Å². The minimum Gasteiger partial charge on any atom is -0.481 e. The molecular weight excluding hydrogens is 272 g/mol. The standard InChI is InChI=1S/C15H20N2O4/c1-10-6-4-5-7-13(10)17(9-8-14(19)20)15(21)11(2)16-12(3)18/h4-7,11H,8-9H2,1-3H3,(H,16,18)(H,19,20). The van der Waals surface area contributed by atoms with E-state index in [0.717, 1.165) is 5.56 Å². The Morgan fingerprint density at radius 3 is 2.43 bits per heavy atom. The van der Waals surface area contributed by atoms with E-state index in [1.165, 1.54) is 11.8 Å². The molecule has 0 radical (unpaired) electrons. The van der Waals surface area contributed by atoms with Crippen LogP contribution in [0.3, 0.4) is 0 Å². The number of hydrogen-bond acceptors (Lipinski definition) is 3. The second kappa shape index (κ2) is 7.42. The summed E-state index contributed by atoms with van der Waals surface area (Å²) in [6.07, 6.45) is -0.160. The number of carboxylic acids is 1. The van der Waals surface area contributed by atoms with Crippen molar-refractivity contribution in [3.63, 3.8) is 0 Å². The molecule has 1 aromatic carbocycles. The van der Waals surface area contributed by atoms with Crippen LogP contribution in [0.5, 0.6) is 0 Å². The summed E-state index contributed by atoms with van der Waals surface area (Å²) in [4.78, 5) is 35.7. The summed E-state index contributed by atoms with van der Waals surface area (Å²) < 4.78 is 0. The third kappa shape index (κ3) is 4.91. The molecule has 21 heavy (non-hydrogen) atoms. The number of carbonyl (C=O) groups excluding carboxylic acids is 2. The van der Waals surface area contributed by atoms with Crippen LogP contribution in [0, 0.1) is 6.92 Å². The van der Waals surface area contributed by atoms with Crippen LogP contribution in [-0.4, -0.2) is 35.5 Å². The van der Waals surface area contributed by atoms with E-state index in [2.05, 4.69) is 5.32 Å². The SMILES string of the molecule is CC(=O)NC(C)C(=O)N(CCC(=O)O)c1ccccc1C. The molecule has 0 aliphatic carbocycles. The maximum atomic E-state index is 12.5. The first-order chi connectivity index (χ1) is 9.82. The zero-order chi connectivity index (χ0) is 16.0. The number of hydrogen-bond donors (Lipinski definition) is 2. The lowest BCUT2D eigenvalue weighted by atomic mass is 10.1. The maximum absolute atomic E-state index is 12.5. The Balaban J connectivity index is 3.02. The zero-order valence-corrected chi connectivity index (χ0v) is 12.4. The van der Waals surface area contributed by atoms with Gasteiger partial charge in [0.05, 0.1) is 6.42 Å². The maximum Gasteiger partial charge on any atom is 0.305 e. The summed E-state index contributed by atoms with van der Waals surface area (Å²) in [6, 6.07) is 6.52. The van der Waals surface area contributed by atoms with E-state index in [0.29, 0.717) is 5.69 Å². The highest BCUT2D eigenvalue weighted by molar-refractivity contribution is 5.99. The van der Waals surface area contributed by atoms with E-state index < -0.39 is 12.0 Å². The molecule has 0 saturated carbocycles. The normalized spacial score (nSPS) is 11.6. The molecule has 6 heteroatoms. The number of nitrogens with zero attached hydrogens (tertiary/aromatic N) is 1. The highest BCUT2D eigenvalue weighted by Gasteiger charge is 2.24. The Kier molecular flexibility index (Phi) is 5.90. The van der Waals surface area contributed by atoms with Gasteiger partial charge in [0.25, 0.3) is 0 Å². The van der Waals surface area contributed by atoms with Crippen LogP contribution in [0.25, 0.3) is 0 Å². The van der Waals surface area contributed by atoms with Crippen molar-refractivity contribution in [2.24, 2.45) is 0 Å². The number of nitrogens with one attached hydrogen (secondary N) is 1. The summed E-state index contributed by atoms with van der Waals surface area (Å²) in [7, 11) is 0. The van der Waals surface area contributed by atoms with Crippen LogP contribution in [0.15, 0.2) is 24.3 Å². The van der Waals surface area contributed by atoms with Gasteiger partial charge in [0.1, 0.15) is 6.04 Å². The molecular formula is C15H20N2O4. The van der Waals surface area contributed by atoms with E-state index in [4.69, 9.17) is 5.11 Å². The molecule has 2 N–H and O–H groups in total. The van der Waals surface area contributed by atoms with Gasteiger partial charge in [-0.15, -0.1) is 0 Å². The van der Waals surface area contributed by atoms with Crippen LogP contribution in [0.4, 0.5) is 5.69 Å². The molecule has 0 spiro atoms. The molecule has 1 unspecified atom stereocenters. The minimum atomic E-state index is -0.978. The molecule has 1 aromatic rings. The topological polar surface area (TPSA) is 86.7 Å². The van der Waals surface area contributed by atoms with Gasteiger partial charge in [0.2, 0.25) is 11.8 Å². The molecule has 0 fully saturated rings. The lowest BCUT2D eigenvalue weighted by Crippen LogP contribution is -2.47. The van der Waals surface area contributed by atoms with Gasteiger partial charge >= 0.3 is 5.97 Å². The van der Waals surface area contributed by atoms with E-state index in [-0.39, 0.29) is 24.8 Å². The Hall–Kier alpha value is -2.37. The number of anilines is 1. The highest BCUT2D eigenvalue weighted by atomic mass is 16.4. The number of benzene rings is 1. The molecule has 2 amide bonds. The minimum absolute atomic E-state index is 0.0585. The molecule has 0 saturated heterocycles. The molecule has 0 aliphatic heterocycles. The Morgan fingerprint density at radius 1 is 1.29 bits per heavy atom. The van der Waals surface area contributed by atoms with Crippen molar-refractivity contribution in [2.45, 2.75) is 33.2 Å². The van der Waals surface area contributed by atoms with Crippen molar-refractivity contribution in [3.8, 4) is 0 Å². The van der Waals surface area contributed by atoms with E-state index >= 15 is 0 Å². The van der Waals surface area contributed by atoms with Gasteiger partial charge in [-0.3, -0.25) is 14.4 Å². The number of carbonyl (C=O) groups is 3. The fourth-order valence-electron chi connectivity index (χ4n) is 2.02. The highest BCUT2D eigenvalue weighted by Crippen LogP contribution is 2.20. The van der Waals surface area contributed by atoms with Crippen molar-refractivity contribution in [3.05, 3.63) is 29.8 Å². The van der Waals surface area contributed by atoms with Gasteiger partial charge in [-0.25, -0.2) is 0 Å². The number of aryl methyl sites for hydroxylation is 1. The smallest absolute Gasteiger partial charge is 0.305 e. The molecule has 0 aromatic heterocycles. The first kappa shape index (κ1) is 16.7. The van der Waals surface area contributed by atoms with Gasteiger partial charge in [-0.1, -0.05) is 18.2 Å². The third-order valence-electron chi connectivity index (χ3n) is 3.01. The molecule has 0 bridgehead atoms. The number of aliphatic carboxylic acids is 1. The number of amides is 2. The predicted molar refractivity (Wildman–Crippen MR) is 79.1 cm³/mol.